The first kappa shape index (κ1) is 16.6. The van der Waals surface area contributed by atoms with Gasteiger partial charge in [-0.2, -0.15) is 0 Å². The monoisotopic (exact) mass is 274 g/mol. The van der Waals surface area contributed by atoms with Crippen molar-refractivity contribution in [2.45, 2.75) is 59.5 Å². The molecule has 1 aliphatic rings. The highest BCUT2D eigenvalue weighted by Gasteiger charge is 2.50. The van der Waals surface area contributed by atoms with E-state index >= 15 is 0 Å². The second-order valence-electron chi connectivity index (χ2n) is 6.18. The molecule has 1 saturated carbocycles. The van der Waals surface area contributed by atoms with Crippen LogP contribution in [0, 0.1) is 24.2 Å². The number of terminal acetylenes is 1. The molecule has 0 aliphatic heterocycles. The minimum Gasteiger partial charge on any atom is -0.446 e. The lowest BCUT2D eigenvalue weighted by atomic mass is 9.98. The first-order valence-electron chi connectivity index (χ1n) is 7.26. The highest BCUT2D eigenvalue weighted by atomic mass is 16.6. The molecule has 110 valence electrons. The van der Waals surface area contributed by atoms with E-state index in [1.807, 2.05) is 6.92 Å². The summed E-state index contributed by atoms with van der Waals surface area (Å²) in [6.45, 7) is 9.65. The van der Waals surface area contributed by atoms with Gasteiger partial charge in [0.25, 0.3) is 0 Å². The first-order valence-corrected chi connectivity index (χ1v) is 7.26. The fourth-order valence-electron chi connectivity index (χ4n) is 2.58. The summed E-state index contributed by atoms with van der Waals surface area (Å²) < 4.78 is 5.32. The molecule has 1 rings (SSSR count). The molecule has 0 aromatic heterocycles. The van der Waals surface area contributed by atoms with Crippen molar-refractivity contribution in [2.24, 2.45) is 11.8 Å². The first-order chi connectivity index (χ1) is 9.28. The minimum absolute atomic E-state index is 0.259. The summed E-state index contributed by atoms with van der Waals surface area (Å²) >= 11 is 0. The molecule has 0 spiro atoms. The Hall–Kier alpha value is -1.49. The van der Waals surface area contributed by atoms with Crippen LogP contribution in [0.5, 0.6) is 0 Å². The summed E-state index contributed by atoms with van der Waals surface area (Å²) in [5.74, 6) is 3.05. The van der Waals surface area contributed by atoms with Gasteiger partial charge >= 0.3 is 5.97 Å². The van der Waals surface area contributed by atoms with Gasteiger partial charge < -0.3 is 4.74 Å². The summed E-state index contributed by atoms with van der Waals surface area (Å²) in [6, 6.07) is 0. The molecular formula is C18H26O2. The predicted octanol–water partition coefficient (Wildman–Crippen LogP) is 4.27. The molecule has 0 aromatic rings. The molecule has 3 atom stereocenters. The number of allylic oxidation sites excluding steroid dienone is 4. The van der Waals surface area contributed by atoms with Crippen LogP contribution in [0.1, 0.15) is 53.9 Å². The van der Waals surface area contributed by atoms with E-state index in [1.54, 1.807) is 0 Å². The Morgan fingerprint density at radius 3 is 2.55 bits per heavy atom. The zero-order valence-corrected chi connectivity index (χ0v) is 13.3. The Balaban J connectivity index is 2.55. The lowest BCUT2D eigenvalue weighted by Crippen LogP contribution is -2.32. The molecule has 1 fully saturated rings. The fourth-order valence-corrected chi connectivity index (χ4v) is 2.58. The SMILES string of the molecule is C#CC(C)(OC(C)=O)[C@@H]1C[C@H]1/C=C(\C)CCC=C(C)C. The Bertz CT molecular complexity index is 460. The van der Waals surface area contributed by atoms with E-state index in [9.17, 15) is 4.79 Å². The molecule has 0 radical (unpaired) electrons. The Labute approximate surface area is 123 Å². The molecule has 0 bridgehead atoms. The smallest absolute Gasteiger partial charge is 0.304 e. The number of esters is 1. The van der Waals surface area contributed by atoms with Crippen molar-refractivity contribution in [3.05, 3.63) is 23.3 Å². The molecular weight excluding hydrogens is 248 g/mol. The van der Waals surface area contributed by atoms with Gasteiger partial charge in [0.2, 0.25) is 0 Å². The molecule has 0 saturated heterocycles. The molecule has 0 heterocycles. The van der Waals surface area contributed by atoms with Gasteiger partial charge in [-0.1, -0.05) is 29.2 Å². The Morgan fingerprint density at radius 2 is 2.05 bits per heavy atom. The third-order valence-electron chi connectivity index (χ3n) is 3.78. The summed E-state index contributed by atoms with van der Waals surface area (Å²) in [5.41, 5.74) is 1.99. The van der Waals surface area contributed by atoms with E-state index in [0.29, 0.717) is 5.92 Å². The van der Waals surface area contributed by atoms with E-state index in [1.165, 1.54) is 18.1 Å². The summed E-state index contributed by atoms with van der Waals surface area (Å²) in [7, 11) is 0. The van der Waals surface area contributed by atoms with Crippen molar-refractivity contribution in [3.8, 4) is 12.3 Å². The van der Waals surface area contributed by atoms with Crippen molar-refractivity contribution in [1.82, 2.24) is 0 Å². The number of hydrogen-bond acceptors (Lipinski definition) is 2. The van der Waals surface area contributed by atoms with Gasteiger partial charge in [0.1, 0.15) is 0 Å². The number of rotatable bonds is 6. The number of carbonyl (C=O) groups excluding carboxylic acids is 1. The van der Waals surface area contributed by atoms with E-state index in [4.69, 9.17) is 11.2 Å². The van der Waals surface area contributed by atoms with Gasteiger partial charge in [-0.3, -0.25) is 4.79 Å². The van der Waals surface area contributed by atoms with Crippen LogP contribution >= 0.6 is 0 Å². The Kier molecular flexibility index (Phi) is 5.62. The average Bonchev–Trinajstić information content (AvgIpc) is 3.07. The van der Waals surface area contributed by atoms with Crippen LogP contribution in [0.3, 0.4) is 0 Å². The molecule has 0 amide bonds. The van der Waals surface area contributed by atoms with Crippen LogP contribution in [-0.2, 0) is 9.53 Å². The van der Waals surface area contributed by atoms with E-state index in [0.717, 1.165) is 19.3 Å². The summed E-state index contributed by atoms with van der Waals surface area (Å²) in [6.07, 6.45) is 13.3. The maximum Gasteiger partial charge on any atom is 0.304 e. The molecule has 1 unspecified atom stereocenters. The van der Waals surface area contributed by atoms with Gasteiger partial charge in [0.05, 0.1) is 0 Å². The van der Waals surface area contributed by atoms with Gasteiger partial charge in [0, 0.05) is 12.8 Å². The molecule has 0 aromatic carbocycles. The highest BCUT2D eigenvalue weighted by Crippen LogP contribution is 2.49. The van der Waals surface area contributed by atoms with Crippen LogP contribution in [0.4, 0.5) is 0 Å². The fraction of sp³-hybridized carbons (Fsp3) is 0.611. The maximum absolute atomic E-state index is 11.1. The second-order valence-corrected chi connectivity index (χ2v) is 6.18. The summed E-state index contributed by atoms with van der Waals surface area (Å²) in [4.78, 5) is 11.1. The zero-order valence-electron chi connectivity index (χ0n) is 13.3. The standard InChI is InChI=1S/C18H26O2/c1-7-18(6,20-15(5)19)17-12-16(17)11-14(4)10-8-9-13(2)3/h1,9,11,16-17H,8,10,12H2,2-6H3/b14-11+/t16-,17-,18?/m1/s1. The Morgan fingerprint density at radius 1 is 1.40 bits per heavy atom. The average molecular weight is 274 g/mol. The van der Waals surface area contributed by atoms with Crippen LogP contribution in [0.25, 0.3) is 0 Å². The molecule has 0 N–H and O–H groups in total. The van der Waals surface area contributed by atoms with Gasteiger partial charge in [-0.15, -0.1) is 6.42 Å². The van der Waals surface area contributed by atoms with E-state index in [2.05, 4.69) is 38.8 Å². The zero-order chi connectivity index (χ0) is 15.3. The number of ether oxygens (including phenoxy) is 1. The largest absolute Gasteiger partial charge is 0.446 e. The van der Waals surface area contributed by atoms with Crippen LogP contribution in [0.15, 0.2) is 23.3 Å². The highest BCUT2D eigenvalue weighted by molar-refractivity contribution is 5.67. The maximum atomic E-state index is 11.1. The third kappa shape index (κ3) is 4.89. The van der Waals surface area contributed by atoms with Crippen LogP contribution in [-0.4, -0.2) is 11.6 Å². The van der Waals surface area contributed by atoms with Crippen LogP contribution < -0.4 is 0 Å². The molecule has 2 heteroatoms. The third-order valence-corrected chi connectivity index (χ3v) is 3.78. The van der Waals surface area contributed by atoms with E-state index < -0.39 is 5.60 Å². The quantitative estimate of drug-likeness (QED) is 0.411. The lowest BCUT2D eigenvalue weighted by Gasteiger charge is -2.23. The van der Waals surface area contributed by atoms with Crippen molar-refractivity contribution < 1.29 is 9.53 Å². The van der Waals surface area contributed by atoms with E-state index in [-0.39, 0.29) is 11.9 Å². The minimum atomic E-state index is -0.757. The van der Waals surface area contributed by atoms with Crippen molar-refractivity contribution in [2.75, 3.05) is 0 Å². The molecule has 20 heavy (non-hydrogen) atoms. The predicted molar refractivity (Wildman–Crippen MR) is 83.0 cm³/mol. The normalized spacial score (nSPS) is 24.3. The molecule has 2 nitrogen and oxygen atoms in total. The number of hydrogen-bond donors (Lipinski definition) is 0. The second kappa shape index (κ2) is 6.79. The van der Waals surface area contributed by atoms with Gasteiger partial charge in [-0.25, -0.2) is 0 Å². The summed E-state index contributed by atoms with van der Waals surface area (Å²) in [5, 5.41) is 0. The van der Waals surface area contributed by atoms with Gasteiger partial charge in [-0.05, 0) is 52.9 Å². The molecule has 1 aliphatic carbocycles. The van der Waals surface area contributed by atoms with Gasteiger partial charge in [0.15, 0.2) is 5.60 Å². The number of carbonyl (C=O) groups is 1. The lowest BCUT2D eigenvalue weighted by molar-refractivity contribution is -0.151. The topological polar surface area (TPSA) is 26.3 Å². The van der Waals surface area contributed by atoms with Crippen molar-refractivity contribution >= 4 is 5.97 Å². The van der Waals surface area contributed by atoms with Crippen molar-refractivity contribution in [3.63, 3.8) is 0 Å². The van der Waals surface area contributed by atoms with Crippen LogP contribution in [0.2, 0.25) is 0 Å². The van der Waals surface area contributed by atoms with Crippen molar-refractivity contribution in [1.29, 1.82) is 0 Å².